The highest BCUT2D eigenvalue weighted by molar-refractivity contribution is 6.14. The SMILES string of the molecule is COc1ccc(/C=C2\CCC/C(=C\c3ccc(OC)c(Cn4nc(C)cc4C)c3)C2=O)cc1Cn1nc(C)cc1C. The zero-order valence-electron chi connectivity index (χ0n) is 24.8. The van der Waals surface area contributed by atoms with Crippen LogP contribution in [0.15, 0.2) is 59.7 Å². The second kappa shape index (κ2) is 12.0. The highest BCUT2D eigenvalue weighted by Gasteiger charge is 2.21. The topological polar surface area (TPSA) is 71.2 Å². The van der Waals surface area contributed by atoms with Crippen molar-refractivity contribution in [2.45, 2.75) is 60.0 Å². The fourth-order valence-electron chi connectivity index (χ4n) is 5.60. The third-order valence-electron chi connectivity index (χ3n) is 7.61. The van der Waals surface area contributed by atoms with E-state index < -0.39 is 0 Å². The molecule has 7 heteroatoms. The smallest absolute Gasteiger partial charge is 0.185 e. The molecule has 212 valence electrons. The number of aryl methyl sites for hydroxylation is 4. The van der Waals surface area contributed by atoms with Gasteiger partial charge in [-0.1, -0.05) is 12.1 Å². The van der Waals surface area contributed by atoms with Gasteiger partial charge >= 0.3 is 0 Å². The molecule has 1 fully saturated rings. The number of carbonyl (C=O) groups is 1. The summed E-state index contributed by atoms with van der Waals surface area (Å²) in [7, 11) is 3.36. The molecule has 0 N–H and O–H groups in total. The molecule has 1 aliphatic rings. The third kappa shape index (κ3) is 6.35. The minimum atomic E-state index is 0.114. The predicted molar refractivity (Wildman–Crippen MR) is 162 cm³/mol. The molecule has 1 saturated carbocycles. The van der Waals surface area contributed by atoms with E-state index in [1.54, 1.807) is 14.2 Å². The van der Waals surface area contributed by atoms with Crippen LogP contribution in [0, 0.1) is 27.7 Å². The second-order valence-corrected chi connectivity index (χ2v) is 10.8. The van der Waals surface area contributed by atoms with E-state index in [-0.39, 0.29) is 5.78 Å². The molecule has 7 nitrogen and oxygen atoms in total. The van der Waals surface area contributed by atoms with Gasteiger partial charge in [0, 0.05) is 33.7 Å². The monoisotopic (exact) mass is 550 g/mol. The molecule has 0 unspecified atom stereocenters. The van der Waals surface area contributed by atoms with Crippen LogP contribution in [0.25, 0.3) is 12.2 Å². The number of carbonyl (C=O) groups excluding carboxylic acids is 1. The lowest BCUT2D eigenvalue weighted by atomic mass is 9.86. The van der Waals surface area contributed by atoms with Gasteiger partial charge in [0.15, 0.2) is 5.78 Å². The zero-order valence-corrected chi connectivity index (χ0v) is 24.8. The van der Waals surface area contributed by atoms with Crippen molar-refractivity contribution in [1.29, 1.82) is 0 Å². The minimum absolute atomic E-state index is 0.114. The molecule has 2 aromatic heterocycles. The van der Waals surface area contributed by atoms with Gasteiger partial charge < -0.3 is 9.47 Å². The number of nitrogens with zero attached hydrogens (tertiary/aromatic N) is 4. The van der Waals surface area contributed by atoms with Crippen molar-refractivity contribution in [3.8, 4) is 11.5 Å². The Morgan fingerprint density at radius 1 is 0.707 bits per heavy atom. The van der Waals surface area contributed by atoms with Crippen LogP contribution < -0.4 is 9.47 Å². The summed E-state index contributed by atoms with van der Waals surface area (Å²) < 4.78 is 15.2. The number of aromatic nitrogens is 4. The molecule has 0 saturated heterocycles. The largest absolute Gasteiger partial charge is 0.496 e. The van der Waals surface area contributed by atoms with Crippen molar-refractivity contribution >= 4 is 17.9 Å². The molecule has 41 heavy (non-hydrogen) atoms. The molecule has 0 bridgehead atoms. The van der Waals surface area contributed by atoms with E-state index >= 15 is 0 Å². The zero-order chi connectivity index (χ0) is 29.1. The average Bonchev–Trinajstić information content (AvgIpc) is 3.44. The van der Waals surface area contributed by atoms with Crippen molar-refractivity contribution < 1.29 is 14.3 Å². The Kier molecular flexibility index (Phi) is 8.24. The van der Waals surface area contributed by atoms with Crippen LogP contribution in [0.5, 0.6) is 11.5 Å². The molecule has 5 rings (SSSR count). The summed E-state index contributed by atoms with van der Waals surface area (Å²) in [4.78, 5) is 13.6. The summed E-state index contributed by atoms with van der Waals surface area (Å²) in [5, 5.41) is 9.21. The van der Waals surface area contributed by atoms with Crippen molar-refractivity contribution in [3.63, 3.8) is 0 Å². The first-order valence-corrected chi connectivity index (χ1v) is 14.1. The minimum Gasteiger partial charge on any atom is -0.496 e. The molecule has 0 amide bonds. The number of Topliss-reactive ketones (excluding diaryl/α,β-unsaturated/α-hetero) is 1. The lowest BCUT2D eigenvalue weighted by molar-refractivity contribution is -0.112. The first-order valence-electron chi connectivity index (χ1n) is 14.1. The standard InChI is InChI=1S/C34H38N4O3/c1-22-14-24(3)37(35-22)20-30-18-26(10-12-32(30)40-5)16-28-8-7-9-29(34(28)39)17-27-11-13-33(41-6)31(19-27)21-38-25(4)15-23(2)36-38/h10-19H,7-9,20-21H2,1-6H3/b28-16+,29-17+. The number of rotatable bonds is 8. The quantitative estimate of drug-likeness (QED) is 0.230. The van der Waals surface area contributed by atoms with E-state index in [9.17, 15) is 4.79 Å². The summed E-state index contributed by atoms with van der Waals surface area (Å²) in [6.45, 7) is 9.31. The molecule has 0 spiro atoms. The fraction of sp³-hybridized carbons (Fsp3) is 0.324. The van der Waals surface area contributed by atoms with Crippen LogP contribution in [-0.2, 0) is 17.9 Å². The molecule has 1 aliphatic carbocycles. The van der Waals surface area contributed by atoms with Gasteiger partial charge in [0.05, 0.1) is 38.7 Å². The molecular formula is C34H38N4O3. The van der Waals surface area contributed by atoms with Crippen molar-refractivity contribution in [1.82, 2.24) is 19.6 Å². The number of methoxy groups -OCH3 is 2. The van der Waals surface area contributed by atoms with Gasteiger partial charge in [0.2, 0.25) is 0 Å². The van der Waals surface area contributed by atoms with Gasteiger partial charge in [0.25, 0.3) is 0 Å². The Balaban J connectivity index is 1.40. The highest BCUT2D eigenvalue weighted by atomic mass is 16.5. The van der Waals surface area contributed by atoms with Crippen LogP contribution in [-0.4, -0.2) is 39.6 Å². The van der Waals surface area contributed by atoms with Crippen LogP contribution in [0.4, 0.5) is 0 Å². The van der Waals surface area contributed by atoms with Crippen molar-refractivity contribution in [2.24, 2.45) is 0 Å². The van der Waals surface area contributed by atoms with E-state index in [0.717, 1.165) is 86.9 Å². The highest BCUT2D eigenvalue weighted by Crippen LogP contribution is 2.31. The number of ketones is 1. The Hall–Kier alpha value is -4.39. The Bertz CT molecular complexity index is 1530. The summed E-state index contributed by atoms with van der Waals surface area (Å²) in [6.07, 6.45) is 6.53. The molecule has 0 atom stereocenters. The van der Waals surface area contributed by atoms with Crippen LogP contribution in [0.3, 0.4) is 0 Å². The van der Waals surface area contributed by atoms with Crippen molar-refractivity contribution in [2.75, 3.05) is 14.2 Å². The van der Waals surface area contributed by atoms with Crippen LogP contribution in [0.2, 0.25) is 0 Å². The fourth-order valence-corrected chi connectivity index (χ4v) is 5.60. The van der Waals surface area contributed by atoms with Gasteiger partial charge in [-0.2, -0.15) is 10.2 Å². The van der Waals surface area contributed by atoms with Crippen LogP contribution in [0.1, 0.15) is 64.3 Å². The predicted octanol–water partition coefficient (Wildman–Crippen LogP) is 6.65. The van der Waals surface area contributed by atoms with E-state index in [1.807, 2.05) is 59.6 Å². The van der Waals surface area contributed by atoms with Gasteiger partial charge in [-0.25, -0.2) is 0 Å². The summed E-state index contributed by atoms with van der Waals surface area (Å²) in [5.41, 5.74) is 9.88. The Labute approximate surface area is 242 Å². The molecule has 2 aromatic carbocycles. The van der Waals surface area contributed by atoms with Gasteiger partial charge in [-0.15, -0.1) is 0 Å². The summed E-state index contributed by atoms with van der Waals surface area (Å²) in [6, 6.07) is 16.3. The van der Waals surface area contributed by atoms with Gasteiger partial charge in [0.1, 0.15) is 11.5 Å². The third-order valence-corrected chi connectivity index (χ3v) is 7.61. The Morgan fingerprint density at radius 2 is 1.15 bits per heavy atom. The van der Waals surface area contributed by atoms with E-state index in [1.165, 1.54) is 0 Å². The lowest BCUT2D eigenvalue weighted by Gasteiger charge is -2.18. The lowest BCUT2D eigenvalue weighted by Crippen LogP contribution is -2.12. The normalized spacial score (nSPS) is 15.6. The summed E-state index contributed by atoms with van der Waals surface area (Å²) >= 11 is 0. The first-order chi connectivity index (χ1) is 19.7. The van der Waals surface area contributed by atoms with Gasteiger partial charge in [-0.05, 0) is 107 Å². The maximum Gasteiger partial charge on any atom is 0.185 e. The maximum atomic E-state index is 13.6. The maximum absolute atomic E-state index is 13.6. The number of allylic oxidation sites excluding steroid dienone is 2. The van der Waals surface area contributed by atoms with Gasteiger partial charge in [-0.3, -0.25) is 14.2 Å². The second-order valence-electron chi connectivity index (χ2n) is 10.8. The number of ether oxygens (including phenoxy) is 2. The number of benzene rings is 2. The molecule has 0 radical (unpaired) electrons. The first kappa shape index (κ1) is 28.1. The summed E-state index contributed by atoms with van der Waals surface area (Å²) in [5.74, 6) is 1.74. The molecular weight excluding hydrogens is 512 g/mol. The van der Waals surface area contributed by atoms with E-state index in [0.29, 0.717) is 13.1 Å². The molecule has 4 aromatic rings. The number of hydrogen-bond donors (Lipinski definition) is 0. The number of hydrogen-bond acceptors (Lipinski definition) is 5. The average molecular weight is 551 g/mol. The van der Waals surface area contributed by atoms with E-state index in [2.05, 4.69) is 48.3 Å². The Morgan fingerprint density at radius 3 is 1.51 bits per heavy atom. The molecule has 2 heterocycles. The van der Waals surface area contributed by atoms with Crippen LogP contribution >= 0.6 is 0 Å². The molecule has 0 aliphatic heterocycles. The van der Waals surface area contributed by atoms with Crippen molar-refractivity contribution in [3.05, 3.63) is 105 Å². The van der Waals surface area contributed by atoms with E-state index in [4.69, 9.17) is 9.47 Å².